The Morgan fingerprint density at radius 3 is 2.67 bits per heavy atom. The predicted molar refractivity (Wildman–Crippen MR) is 57.2 cm³/mol. The highest BCUT2D eigenvalue weighted by molar-refractivity contribution is 5.03. The molecule has 0 fully saturated rings. The third kappa shape index (κ3) is 5.96. The van der Waals surface area contributed by atoms with Gasteiger partial charge in [0.05, 0.1) is 0 Å². The lowest BCUT2D eigenvalue weighted by molar-refractivity contribution is 0.713. The second kappa shape index (κ2) is 6.90. The van der Waals surface area contributed by atoms with Crippen LogP contribution < -0.4 is 0 Å². The van der Waals surface area contributed by atoms with Gasteiger partial charge in [-0.15, -0.1) is 6.58 Å². The van der Waals surface area contributed by atoms with Crippen LogP contribution in [0.15, 0.2) is 36.5 Å². The van der Waals surface area contributed by atoms with Crippen LogP contribution in [0.5, 0.6) is 0 Å². The molecule has 0 saturated heterocycles. The van der Waals surface area contributed by atoms with Crippen LogP contribution in [-0.4, -0.2) is 0 Å². The molecule has 0 N–H and O–H groups in total. The molecule has 0 amide bonds. The van der Waals surface area contributed by atoms with Crippen molar-refractivity contribution in [2.24, 2.45) is 5.92 Å². The highest BCUT2D eigenvalue weighted by atomic mass is 14.0. The lowest BCUT2D eigenvalue weighted by Crippen LogP contribution is -1.90. The number of allylic oxidation sites excluding steroid dienone is 5. The predicted octanol–water partition coefficient (Wildman–Crippen LogP) is 4.11. The minimum absolute atomic E-state index is 0.663. The van der Waals surface area contributed by atoms with E-state index in [2.05, 4.69) is 45.6 Å². The molecule has 0 rings (SSSR count). The van der Waals surface area contributed by atoms with E-state index in [1.54, 1.807) is 0 Å². The summed E-state index contributed by atoms with van der Waals surface area (Å²) in [5, 5.41) is 0. The van der Waals surface area contributed by atoms with Crippen LogP contribution >= 0.6 is 0 Å². The molecule has 0 bridgehead atoms. The van der Waals surface area contributed by atoms with E-state index >= 15 is 0 Å². The van der Waals surface area contributed by atoms with E-state index in [1.165, 1.54) is 5.57 Å². The molecular formula is C12H20. The summed E-state index contributed by atoms with van der Waals surface area (Å²) in [5.74, 6) is 0.663. The summed E-state index contributed by atoms with van der Waals surface area (Å²) in [6, 6.07) is 0. The highest BCUT2D eigenvalue weighted by Crippen LogP contribution is 2.12. The Kier molecular flexibility index (Phi) is 6.45. The van der Waals surface area contributed by atoms with Crippen molar-refractivity contribution in [3.05, 3.63) is 36.5 Å². The van der Waals surface area contributed by atoms with Gasteiger partial charge in [-0.25, -0.2) is 0 Å². The van der Waals surface area contributed by atoms with Crippen LogP contribution in [0.4, 0.5) is 0 Å². The van der Waals surface area contributed by atoms with Crippen LogP contribution in [0.3, 0.4) is 0 Å². The Labute approximate surface area is 76.7 Å². The summed E-state index contributed by atoms with van der Waals surface area (Å²) in [6.07, 6.45) is 10.7. The van der Waals surface area contributed by atoms with Crippen LogP contribution in [0.1, 0.15) is 33.6 Å². The van der Waals surface area contributed by atoms with Crippen molar-refractivity contribution in [1.82, 2.24) is 0 Å². The maximum Gasteiger partial charge on any atom is -0.0169 e. The van der Waals surface area contributed by atoms with Crippen molar-refractivity contribution in [2.45, 2.75) is 33.6 Å². The molecule has 1 atom stereocenters. The third-order valence-corrected chi connectivity index (χ3v) is 1.80. The fraction of sp³-hybridized carbons (Fsp3) is 0.500. The van der Waals surface area contributed by atoms with Gasteiger partial charge < -0.3 is 0 Å². The number of hydrogen-bond donors (Lipinski definition) is 0. The van der Waals surface area contributed by atoms with Crippen molar-refractivity contribution in [1.29, 1.82) is 0 Å². The molecule has 0 nitrogen and oxygen atoms in total. The minimum Gasteiger partial charge on any atom is -0.103 e. The molecule has 0 aliphatic heterocycles. The zero-order valence-electron chi connectivity index (χ0n) is 8.51. The first-order chi connectivity index (χ1) is 5.70. The first-order valence-electron chi connectivity index (χ1n) is 4.60. The lowest BCUT2D eigenvalue weighted by atomic mass is 10.0. The first kappa shape index (κ1) is 11.2. The number of hydrogen-bond acceptors (Lipinski definition) is 0. The van der Waals surface area contributed by atoms with Crippen LogP contribution in [0, 0.1) is 5.92 Å². The zero-order chi connectivity index (χ0) is 9.40. The maximum atomic E-state index is 3.69. The van der Waals surface area contributed by atoms with Gasteiger partial charge in [-0.05, 0) is 32.6 Å². The summed E-state index contributed by atoms with van der Waals surface area (Å²) in [7, 11) is 0. The molecular weight excluding hydrogens is 144 g/mol. The summed E-state index contributed by atoms with van der Waals surface area (Å²) >= 11 is 0. The smallest absolute Gasteiger partial charge is 0.0169 e. The van der Waals surface area contributed by atoms with E-state index in [0.29, 0.717) is 5.92 Å². The quantitative estimate of drug-likeness (QED) is 0.536. The van der Waals surface area contributed by atoms with Gasteiger partial charge in [0.1, 0.15) is 0 Å². The molecule has 0 aliphatic carbocycles. The Hall–Kier alpha value is -0.780. The molecule has 0 heterocycles. The monoisotopic (exact) mass is 164 g/mol. The maximum absolute atomic E-state index is 3.69. The summed E-state index contributed by atoms with van der Waals surface area (Å²) in [4.78, 5) is 0. The fourth-order valence-corrected chi connectivity index (χ4v) is 1.27. The van der Waals surface area contributed by atoms with Crippen molar-refractivity contribution < 1.29 is 0 Å². The van der Waals surface area contributed by atoms with Gasteiger partial charge in [-0.3, -0.25) is 0 Å². The molecule has 0 heteroatoms. The fourth-order valence-electron chi connectivity index (χ4n) is 1.27. The molecule has 0 aliphatic rings. The number of rotatable bonds is 5. The minimum atomic E-state index is 0.663. The van der Waals surface area contributed by atoms with Crippen molar-refractivity contribution in [3.8, 4) is 0 Å². The summed E-state index contributed by atoms with van der Waals surface area (Å²) in [6.45, 7) is 10.2. The second-order valence-electron chi connectivity index (χ2n) is 3.28. The highest BCUT2D eigenvalue weighted by Gasteiger charge is 1.96. The van der Waals surface area contributed by atoms with Crippen LogP contribution in [0.25, 0.3) is 0 Å². The average molecular weight is 164 g/mol. The van der Waals surface area contributed by atoms with E-state index in [9.17, 15) is 0 Å². The third-order valence-electron chi connectivity index (χ3n) is 1.80. The second-order valence-corrected chi connectivity index (χ2v) is 3.28. The molecule has 0 aromatic carbocycles. The first-order valence-corrected chi connectivity index (χ1v) is 4.60. The van der Waals surface area contributed by atoms with E-state index in [0.717, 1.165) is 12.8 Å². The van der Waals surface area contributed by atoms with E-state index < -0.39 is 0 Å². The molecule has 0 aromatic rings. The molecule has 0 saturated carbocycles. The van der Waals surface area contributed by atoms with Gasteiger partial charge >= 0.3 is 0 Å². The summed E-state index contributed by atoms with van der Waals surface area (Å²) in [5.41, 5.74) is 1.46. The van der Waals surface area contributed by atoms with Gasteiger partial charge in [0.2, 0.25) is 0 Å². The van der Waals surface area contributed by atoms with Crippen LogP contribution in [0.2, 0.25) is 0 Å². The topological polar surface area (TPSA) is 0 Å². The van der Waals surface area contributed by atoms with Crippen molar-refractivity contribution in [3.63, 3.8) is 0 Å². The molecule has 1 unspecified atom stereocenters. The lowest BCUT2D eigenvalue weighted by Gasteiger charge is -2.05. The standard InChI is InChI=1S/C12H20/c1-5-7-9-12(4)10-11(3)8-6-2/h5-6,8-9,11H,1,7,10H2,2-4H3. The molecule has 0 aromatic heterocycles. The molecule has 68 valence electrons. The van der Waals surface area contributed by atoms with Gasteiger partial charge in [0.15, 0.2) is 0 Å². The SMILES string of the molecule is C=CCC=C(C)CC(C)C=CC. The van der Waals surface area contributed by atoms with Gasteiger partial charge in [0.25, 0.3) is 0 Å². The van der Waals surface area contributed by atoms with Gasteiger partial charge in [-0.2, -0.15) is 0 Å². The van der Waals surface area contributed by atoms with Gasteiger partial charge in [0, 0.05) is 0 Å². The normalized spacial score (nSPS) is 15.1. The van der Waals surface area contributed by atoms with E-state index in [-0.39, 0.29) is 0 Å². The van der Waals surface area contributed by atoms with Gasteiger partial charge in [-0.1, -0.05) is 36.8 Å². The Bertz CT molecular complexity index is 172. The average Bonchev–Trinajstić information content (AvgIpc) is 2.01. The molecule has 12 heavy (non-hydrogen) atoms. The Balaban J connectivity index is 3.81. The van der Waals surface area contributed by atoms with Crippen LogP contribution in [-0.2, 0) is 0 Å². The largest absolute Gasteiger partial charge is 0.103 e. The van der Waals surface area contributed by atoms with Crippen molar-refractivity contribution in [2.75, 3.05) is 0 Å². The molecule has 0 radical (unpaired) electrons. The van der Waals surface area contributed by atoms with Crippen molar-refractivity contribution >= 4 is 0 Å². The summed E-state index contributed by atoms with van der Waals surface area (Å²) < 4.78 is 0. The Morgan fingerprint density at radius 2 is 2.17 bits per heavy atom. The van der Waals surface area contributed by atoms with E-state index in [1.807, 2.05) is 6.08 Å². The van der Waals surface area contributed by atoms with E-state index in [4.69, 9.17) is 0 Å². The zero-order valence-corrected chi connectivity index (χ0v) is 8.51. The Morgan fingerprint density at radius 1 is 1.50 bits per heavy atom. The molecule has 0 spiro atoms.